The Morgan fingerprint density at radius 2 is 0.474 bits per heavy atom. The Morgan fingerprint density at radius 1 is 0.278 bits per heavy atom. The van der Waals surface area contributed by atoms with Crippen LogP contribution in [0.5, 0.6) is 0 Å². The Bertz CT molecular complexity index is 1870. The number of hydrogen-bond donors (Lipinski definition) is 3. The summed E-state index contributed by atoms with van der Waals surface area (Å²) in [6.07, 6.45) is 58.2. The fourth-order valence-electron chi connectivity index (χ4n) is 12.0. The molecule has 0 fully saturated rings. The lowest BCUT2D eigenvalue weighted by molar-refractivity contribution is -0.161. The standard InChI is InChI=1S/C78H152O17P2/c1-7-9-11-13-15-17-18-31-38-44-50-56-62-77(82)94-73(66-88-75(80)60-54-48-42-34-16-14-12-10-8-2)68-92-96(84,85)90-64-72(79)65-91-97(86,87)93-69-74(67-89-76(81)61-55-49-43-37-32-27-24-23-26-30-36-41-47-53-59-71(5)6)95-78(83)63-57-51-45-39-33-28-22-20-19-21-25-29-35-40-46-52-58-70(3)4/h70-74,79H,7-69H2,1-6H3,(H,84,85)(H,86,87)/t72-,73+,74+/m0/s1. The van der Waals surface area contributed by atoms with Gasteiger partial charge in [0.25, 0.3) is 0 Å². The number of ether oxygens (including phenoxy) is 4. The molecule has 0 amide bonds. The van der Waals surface area contributed by atoms with E-state index >= 15 is 0 Å². The number of aliphatic hydroxyl groups is 1. The normalized spacial score (nSPS) is 14.0. The Balaban J connectivity index is 5.22. The molecule has 0 aliphatic carbocycles. The first-order valence-corrected chi connectivity index (χ1v) is 43.5. The van der Waals surface area contributed by atoms with Crippen molar-refractivity contribution in [3.63, 3.8) is 0 Å². The van der Waals surface area contributed by atoms with Gasteiger partial charge in [-0.25, -0.2) is 9.13 Å². The SMILES string of the molecule is CCCCCCCCCCCCCCC(=O)O[C@H](COC(=O)CCCCCCCCCCC)COP(=O)(O)OC[C@H](O)COP(=O)(O)OC[C@@H](COC(=O)CCCCCCCCCCCCCCCCC(C)C)OC(=O)CCCCCCCCCCCCCCCCCCC(C)C. The molecule has 17 nitrogen and oxygen atoms in total. The van der Waals surface area contributed by atoms with Crippen molar-refractivity contribution in [3.8, 4) is 0 Å². The van der Waals surface area contributed by atoms with Gasteiger partial charge < -0.3 is 33.8 Å². The average molecular weight is 1420 g/mol. The molecule has 0 bridgehead atoms. The molecule has 0 aromatic heterocycles. The Labute approximate surface area is 594 Å². The van der Waals surface area contributed by atoms with Crippen LogP contribution in [0.1, 0.15) is 408 Å². The van der Waals surface area contributed by atoms with E-state index in [1.54, 1.807) is 0 Å². The fraction of sp³-hybridized carbons (Fsp3) is 0.949. The topological polar surface area (TPSA) is 237 Å². The highest BCUT2D eigenvalue weighted by atomic mass is 31.2. The van der Waals surface area contributed by atoms with Crippen molar-refractivity contribution in [1.82, 2.24) is 0 Å². The van der Waals surface area contributed by atoms with Crippen molar-refractivity contribution in [2.75, 3.05) is 39.6 Å². The molecule has 5 atom stereocenters. The van der Waals surface area contributed by atoms with Crippen molar-refractivity contribution in [2.24, 2.45) is 11.8 Å². The number of hydrogen-bond acceptors (Lipinski definition) is 15. The highest BCUT2D eigenvalue weighted by Gasteiger charge is 2.30. The van der Waals surface area contributed by atoms with Crippen LogP contribution < -0.4 is 0 Å². The van der Waals surface area contributed by atoms with E-state index in [9.17, 15) is 43.2 Å². The zero-order valence-electron chi connectivity index (χ0n) is 63.4. The molecule has 0 rings (SSSR count). The van der Waals surface area contributed by atoms with Crippen molar-refractivity contribution in [3.05, 3.63) is 0 Å². The van der Waals surface area contributed by atoms with Crippen LogP contribution in [0.2, 0.25) is 0 Å². The number of rotatable bonds is 77. The lowest BCUT2D eigenvalue weighted by Gasteiger charge is -2.21. The molecule has 0 saturated heterocycles. The molecule has 0 spiro atoms. The monoisotopic (exact) mass is 1420 g/mol. The van der Waals surface area contributed by atoms with Crippen LogP contribution in [0, 0.1) is 11.8 Å². The van der Waals surface area contributed by atoms with Gasteiger partial charge in [-0.1, -0.05) is 356 Å². The number of phosphoric acid groups is 2. The second-order valence-electron chi connectivity index (χ2n) is 29.1. The molecular formula is C78H152O17P2. The van der Waals surface area contributed by atoms with Gasteiger partial charge in [0, 0.05) is 25.7 Å². The molecule has 0 aromatic rings. The van der Waals surface area contributed by atoms with Crippen LogP contribution in [0.25, 0.3) is 0 Å². The van der Waals surface area contributed by atoms with E-state index in [0.29, 0.717) is 25.7 Å². The van der Waals surface area contributed by atoms with Gasteiger partial charge in [-0.2, -0.15) is 0 Å². The fourth-order valence-corrected chi connectivity index (χ4v) is 13.6. The van der Waals surface area contributed by atoms with E-state index in [4.69, 9.17) is 37.0 Å². The summed E-state index contributed by atoms with van der Waals surface area (Å²) in [6.45, 7) is 9.65. The summed E-state index contributed by atoms with van der Waals surface area (Å²) in [5.41, 5.74) is 0. The quantitative estimate of drug-likeness (QED) is 0.0222. The second-order valence-corrected chi connectivity index (χ2v) is 32.0. The zero-order chi connectivity index (χ0) is 71.4. The number of esters is 4. The molecule has 0 radical (unpaired) electrons. The van der Waals surface area contributed by atoms with E-state index < -0.39 is 97.5 Å². The van der Waals surface area contributed by atoms with E-state index in [1.807, 2.05) is 0 Å². The third-order valence-corrected chi connectivity index (χ3v) is 20.1. The Morgan fingerprint density at radius 3 is 0.701 bits per heavy atom. The highest BCUT2D eigenvalue weighted by Crippen LogP contribution is 2.45. The van der Waals surface area contributed by atoms with Crippen LogP contribution in [-0.2, 0) is 65.4 Å². The minimum atomic E-state index is -4.96. The molecule has 0 aliphatic rings. The smallest absolute Gasteiger partial charge is 0.462 e. The summed E-state index contributed by atoms with van der Waals surface area (Å²) in [4.78, 5) is 72.8. The largest absolute Gasteiger partial charge is 0.472 e. The first-order chi connectivity index (χ1) is 46.9. The van der Waals surface area contributed by atoms with Crippen molar-refractivity contribution >= 4 is 39.5 Å². The maximum absolute atomic E-state index is 13.1. The lowest BCUT2D eigenvalue weighted by Crippen LogP contribution is -2.30. The molecule has 97 heavy (non-hydrogen) atoms. The molecule has 3 N–H and O–H groups in total. The maximum Gasteiger partial charge on any atom is 0.472 e. The third-order valence-electron chi connectivity index (χ3n) is 18.2. The molecule has 0 heterocycles. The van der Waals surface area contributed by atoms with E-state index in [-0.39, 0.29) is 25.7 Å². The lowest BCUT2D eigenvalue weighted by atomic mass is 10.0. The van der Waals surface area contributed by atoms with Crippen molar-refractivity contribution in [2.45, 2.75) is 426 Å². The summed E-state index contributed by atoms with van der Waals surface area (Å²) in [5.74, 6) is -0.504. The average Bonchev–Trinajstić information content (AvgIpc) is 2.01. The van der Waals surface area contributed by atoms with E-state index in [1.165, 1.54) is 225 Å². The van der Waals surface area contributed by atoms with Gasteiger partial charge >= 0.3 is 39.5 Å². The summed E-state index contributed by atoms with van der Waals surface area (Å²) in [6, 6.07) is 0. The van der Waals surface area contributed by atoms with Gasteiger partial charge in [0.1, 0.15) is 19.3 Å². The third kappa shape index (κ3) is 72.2. The van der Waals surface area contributed by atoms with E-state index in [2.05, 4.69) is 41.5 Å². The summed E-state index contributed by atoms with van der Waals surface area (Å²) in [7, 11) is -9.91. The number of phosphoric ester groups is 2. The molecule has 576 valence electrons. The molecule has 0 saturated carbocycles. The maximum atomic E-state index is 13.1. The van der Waals surface area contributed by atoms with Gasteiger partial charge in [-0.15, -0.1) is 0 Å². The van der Waals surface area contributed by atoms with Gasteiger partial charge in [-0.3, -0.25) is 37.3 Å². The van der Waals surface area contributed by atoms with Gasteiger partial charge in [0.15, 0.2) is 12.2 Å². The highest BCUT2D eigenvalue weighted by molar-refractivity contribution is 7.47. The first-order valence-electron chi connectivity index (χ1n) is 40.5. The van der Waals surface area contributed by atoms with Crippen molar-refractivity contribution in [1.29, 1.82) is 0 Å². The van der Waals surface area contributed by atoms with Crippen LogP contribution in [0.15, 0.2) is 0 Å². The second kappa shape index (κ2) is 69.8. The van der Waals surface area contributed by atoms with Gasteiger partial charge in [0.2, 0.25) is 0 Å². The molecule has 19 heteroatoms. The minimum absolute atomic E-state index is 0.107. The molecule has 2 unspecified atom stereocenters. The van der Waals surface area contributed by atoms with Crippen LogP contribution >= 0.6 is 15.6 Å². The van der Waals surface area contributed by atoms with Gasteiger partial charge in [0.05, 0.1) is 26.4 Å². The molecule has 0 aliphatic heterocycles. The number of carbonyl (C=O) groups is 4. The molecular weight excluding hydrogens is 1270 g/mol. The number of carbonyl (C=O) groups excluding carboxylic acids is 4. The zero-order valence-corrected chi connectivity index (χ0v) is 65.2. The van der Waals surface area contributed by atoms with E-state index in [0.717, 1.165) is 102 Å². The van der Waals surface area contributed by atoms with Crippen LogP contribution in [0.4, 0.5) is 0 Å². The first kappa shape index (κ1) is 95.1. The predicted molar refractivity (Wildman–Crippen MR) is 395 cm³/mol. The van der Waals surface area contributed by atoms with Gasteiger partial charge in [-0.05, 0) is 37.5 Å². The summed E-state index contributed by atoms with van der Waals surface area (Å²) in [5, 5.41) is 10.6. The van der Waals surface area contributed by atoms with Crippen LogP contribution in [0.3, 0.4) is 0 Å². The Hall–Kier alpha value is -1.94. The summed E-state index contributed by atoms with van der Waals surface area (Å²) < 4.78 is 68.6. The minimum Gasteiger partial charge on any atom is -0.462 e. The summed E-state index contributed by atoms with van der Waals surface area (Å²) >= 11 is 0. The van der Waals surface area contributed by atoms with Crippen LogP contribution in [-0.4, -0.2) is 96.7 Å². The predicted octanol–water partition coefficient (Wildman–Crippen LogP) is 23.1. The number of unbranched alkanes of at least 4 members (excludes halogenated alkanes) is 47. The Kier molecular flexibility index (Phi) is 68.4. The number of aliphatic hydroxyl groups excluding tert-OH is 1. The van der Waals surface area contributed by atoms with Crippen molar-refractivity contribution < 1.29 is 80.2 Å². The molecule has 0 aromatic carbocycles.